The zero-order chi connectivity index (χ0) is 14.5. The number of pyridine rings is 1. The zero-order valence-corrected chi connectivity index (χ0v) is 12.2. The number of hydrogen-bond donors (Lipinski definition) is 1. The molecule has 1 aromatic heterocycles. The summed E-state index contributed by atoms with van der Waals surface area (Å²) in [4.78, 5) is 4.08. The molecule has 1 aliphatic rings. The predicted molar refractivity (Wildman–Crippen MR) is 82.5 cm³/mol. The summed E-state index contributed by atoms with van der Waals surface area (Å²) >= 11 is 0. The van der Waals surface area contributed by atoms with Gasteiger partial charge in [0.25, 0.3) is 0 Å². The molecule has 1 aliphatic carbocycles. The van der Waals surface area contributed by atoms with Crippen molar-refractivity contribution in [3.05, 3.63) is 59.4 Å². The molecule has 3 nitrogen and oxygen atoms in total. The minimum absolute atomic E-state index is 0.346. The lowest BCUT2D eigenvalue weighted by atomic mass is 10.1. The molecule has 0 saturated carbocycles. The number of nitrogens with zero attached hydrogens (tertiary/aromatic N) is 1. The Morgan fingerprint density at radius 2 is 2.10 bits per heavy atom. The van der Waals surface area contributed by atoms with Crippen LogP contribution in [0.2, 0.25) is 0 Å². The van der Waals surface area contributed by atoms with Gasteiger partial charge in [0.2, 0.25) is 0 Å². The average Bonchev–Trinajstić information content (AvgIpc) is 2.99. The Balaban J connectivity index is 1.46. The lowest BCUT2D eigenvalue weighted by Crippen LogP contribution is -2.18. The molecule has 0 spiro atoms. The van der Waals surface area contributed by atoms with Crippen molar-refractivity contribution in [3.8, 4) is 5.75 Å². The molecule has 0 fully saturated rings. The Labute approximate surface area is 125 Å². The van der Waals surface area contributed by atoms with Crippen molar-refractivity contribution in [1.29, 1.82) is 0 Å². The van der Waals surface area contributed by atoms with Crippen molar-refractivity contribution in [2.75, 3.05) is 6.61 Å². The van der Waals surface area contributed by atoms with Crippen LogP contribution in [0.4, 0.5) is 0 Å². The molecule has 0 aliphatic heterocycles. The van der Waals surface area contributed by atoms with E-state index in [-0.39, 0.29) is 0 Å². The Bertz CT molecular complexity index is 583. The number of fused-ring (bicyclic) bond motifs is 1. The third-order valence-electron chi connectivity index (χ3n) is 4.00. The van der Waals surface area contributed by atoms with Gasteiger partial charge in [0.1, 0.15) is 12.4 Å². The molecule has 0 amide bonds. The first-order chi connectivity index (χ1) is 10.3. The first-order valence-electron chi connectivity index (χ1n) is 7.63. The summed E-state index contributed by atoms with van der Waals surface area (Å²) in [5, 5.41) is 10.0. The average molecular weight is 283 g/mol. The van der Waals surface area contributed by atoms with Gasteiger partial charge in [0, 0.05) is 12.4 Å². The molecule has 21 heavy (non-hydrogen) atoms. The van der Waals surface area contributed by atoms with Crippen LogP contribution in [-0.4, -0.2) is 22.8 Å². The smallest absolute Gasteiger partial charge is 0.119 e. The Hall–Kier alpha value is -1.87. The SMILES string of the molecule is OC(CCc1cccnc1)COc1ccc2c(c1)CCC2. The minimum atomic E-state index is -0.446. The molecule has 0 bridgehead atoms. The van der Waals surface area contributed by atoms with Gasteiger partial charge in [0.05, 0.1) is 6.10 Å². The van der Waals surface area contributed by atoms with Crippen LogP contribution < -0.4 is 4.74 Å². The number of aryl methyl sites for hydroxylation is 3. The third kappa shape index (κ3) is 3.82. The van der Waals surface area contributed by atoms with E-state index in [9.17, 15) is 5.11 Å². The van der Waals surface area contributed by atoms with Crippen molar-refractivity contribution >= 4 is 0 Å². The van der Waals surface area contributed by atoms with Gasteiger partial charge in [-0.25, -0.2) is 0 Å². The van der Waals surface area contributed by atoms with E-state index in [0.29, 0.717) is 13.0 Å². The van der Waals surface area contributed by atoms with E-state index in [2.05, 4.69) is 17.1 Å². The van der Waals surface area contributed by atoms with Crippen molar-refractivity contribution in [2.24, 2.45) is 0 Å². The lowest BCUT2D eigenvalue weighted by Gasteiger charge is -2.13. The van der Waals surface area contributed by atoms with E-state index in [0.717, 1.165) is 24.2 Å². The largest absolute Gasteiger partial charge is 0.491 e. The maximum Gasteiger partial charge on any atom is 0.119 e. The van der Waals surface area contributed by atoms with Gasteiger partial charge >= 0.3 is 0 Å². The molecule has 3 rings (SSSR count). The Morgan fingerprint density at radius 1 is 1.19 bits per heavy atom. The van der Waals surface area contributed by atoms with Crippen LogP contribution in [0.15, 0.2) is 42.7 Å². The maximum absolute atomic E-state index is 10.0. The number of rotatable bonds is 6. The maximum atomic E-state index is 10.0. The van der Waals surface area contributed by atoms with Crippen LogP contribution in [0.1, 0.15) is 29.5 Å². The summed E-state index contributed by atoms with van der Waals surface area (Å²) in [6, 6.07) is 10.2. The van der Waals surface area contributed by atoms with E-state index in [1.54, 1.807) is 6.20 Å². The fraction of sp³-hybridized carbons (Fsp3) is 0.389. The molecule has 3 heteroatoms. The predicted octanol–water partition coefficient (Wildman–Crippen LogP) is 2.94. The second-order valence-electron chi connectivity index (χ2n) is 5.65. The molecule has 1 unspecified atom stereocenters. The Morgan fingerprint density at radius 3 is 2.95 bits per heavy atom. The number of aliphatic hydroxyl groups excluding tert-OH is 1. The second-order valence-corrected chi connectivity index (χ2v) is 5.65. The number of ether oxygens (including phenoxy) is 1. The number of hydrogen-bond acceptors (Lipinski definition) is 3. The number of aliphatic hydroxyl groups is 1. The molecule has 2 aromatic rings. The van der Waals surface area contributed by atoms with Crippen LogP contribution in [0.3, 0.4) is 0 Å². The summed E-state index contributed by atoms with van der Waals surface area (Å²) in [6.45, 7) is 0.346. The molecule has 1 N–H and O–H groups in total. The van der Waals surface area contributed by atoms with Gasteiger partial charge in [-0.1, -0.05) is 12.1 Å². The first kappa shape index (κ1) is 14.1. The zero-order valence-electron chi connectivity index (χ0n) is 12.2. The normalized spacial score (nSPS) is 14.7. The number of benzene rings is 1. The molecule has 110 valence electrons. The summed E-state index contributed by atoms with van der Waals surface area (Å²) < 4.78 is 5.72. The third-order valence-corrected chi connectivity index (χ3v) is 4.00. The van der Waals surface area contributed by atoms with E-state index in [1.165, 1.54) is 24.0 Å². The highest BCUT2D eigenvalue weighted by molar-refractivity contribution is 5.38. The van der Waals surface area contributed by atoms with Crippen LogP contribution in [0, 0.1) is 0 Å². The van der Waals surface area contributed by atoms with Gasteiger partial charge < -0.3 is 9.84 Å². The van der Waals surface area contributed by atoms with Crippen molar-refractivity contribution in [3.63, 3.8) is 0 Å². The summed E-state index contributed by atoms with van der Waals surface area (Å²) in [5.74, 6) is 0.871. The van der Waals surface area contributed by atoms with E-state index >= 15 is 0 Å². The molecular formula is C18H21NO2. The highest BCUT2D eigenvalue weighted by Gasteiger charge is 2.12. The fourth-order valence-corrected chi connectivity index (χ4v) is 2.79. The van der Waals surface area contributed by atoms with Crippen molar-refractivity contribution < 1.29 is 9.84 Å². The van der Waals surface area contributed by atoms with Crippen molar-refractivity contribution in [1.82, 2.24) is 4.98 Å². The summed E-state index contributed by atoms with van der Waals surface area (Å²) in [6.07, 6.45) is 8.24. The molecule has 1 atom stereocenters. The molecule has 1 heterocycles. The van der Waals surface area contributed by atoms with Crippen LogP contribution in [0.25, 0.3) is 0 Å². The highest BCUT2D eigenvalue weighted by Crippen LogP contribution is 2.26. The molecule has 1 aromatic carbocycles. The number of aromatic nitrogens is 1. The van der Waals surface area contributed by atoms with E-state index < -0.39 is 6.10 Å². The molecule has 0 saturated heterocycles. The van der Waals surface area contributed by atoms with Crippen molar-refractivity contribution in [2.45, 2.75) is 38.2 Å². The van der Waals surface area contributed by atoms with Crippen LogP contribution >= 0.6 is 0 Å². The Kier molecular flexibility index (Phi) is 4.51. The minimum Gasteiger partial charge on any atom is -0.491 e. The monoisotopic (exact) mass is 283 g/mol. The summed E-state index contributed by atoms with van der Waals surface area (Å²) in [7, 11) is 0. The van der Waals surface area contributed by atoms with Gasteiger partial charge in [-0.3, -0.25) is 4.98 Å². The van der Waals surface area contributed by atoms with Gasteiger partial charge in [-0.15, -0.1) is 0 Å². The van der Waals surface area contributed by atoms with Crippen LogP contribution in [0.5, 0.6) is 5.75 Å². The van der Waals surface area contributed by atoms with E-state index in [4.69, 9.17) is 4.74 Å². The highest BCUT2D eigenvalue weighted by atomic mass is 16.5. The quantitative estimate of drug-likeness (QED) is 0.886. The lowest BCUT2D eigenvalue weighted by molar-refractivity contribution is 0.100. The standard InChI is InChI=1S/C18H21NO2/c20-17(8-6-14-3-2-10-19-12-14)13-21-18-9-7-15-4-1-5-16(15)11-18/h2-3,7,9-12,17,20H,1,4-6,8,13H2. The first-order valence-corrected chi connectivity index (χ1v) is 7.63. The second kappa shape index (κ2) is 6.72. The fourth-order valence-electron chi connectivity index (χ4n) is 2.79. The van der Waals surface area contributed by atoms with Gasteiger partial charge in [-0.2, -0.15) is 0 Å². The van der Waals surface area contributed by atoms with Crippen LogP contribution in [-0.2, 0) is 19.3 Å². The van der Waals surface area contributed by atoms with Gasteiger partial charge in [-0.05, 0) is 67.0 Å². The topological polar surface area (TPSA) is 42.4 Å². The molecule has 0 radical (unpaired) electrons. The van der Waals surface area contributed by atoms with E-state index in [1.807, 2.05) is 24.4 Å². The molecular weight excluding hydrogens is 262 g/mol. The summed E-state index contributed by atoms with van der Waals surface area (Å²) in [5.41, 5.74) is 3.99. The van der Waals surface area contributed by atoms with Gasteiger partial charge in [0.15, 0.2) is 0 Å².